The number of Topliss-reactive ketones (excluding diaryl/α,β-unsaturated/α-hetero) is 1. The van der Waals surface area contributed by atoms with Crippen molar-refractivity contribution in [2.45, 2.75) is 12.8 Å². The van der Waals surface area contributed by atoms with Crippen molar-refractivity contribution in [1.82, 2.24) is 4.90 Å². The van der Waals surface area contributed by atoms with Crippen molar-refractivity contribution in [3.8, 4) is 0 Å². The summed E-state index contributed by atoms with van der Waals surface area (Å²) in [5.74, 6) is -3.02. The van der Waals surface area contributed by atoms with Crippen LogP contribution in [0, 0.1) is 11.6 Å². The summed E-state index contributed by atoms with van der Waals surface area (Å²) in [6, 6.07) is 11.8. The topological polar surface area (TPSA) is 74.7 Å². The zero-order valence-electron chi connectivity index (χ0n) is 16.0. The molecule has 0 spiro atoms. The summed E-state index contributed by atoms with van der Waals surface area (Å²) in [6.07, 6.45) is 2.15. The highest BCUT2D eigenvalue weighted by molar-refractivity contribution is 6.15. The van der Waals surface area contributed by atoms with Crippen LogP contribution in [0.1, 0.15) is 24.0 Å². The van der Waals surface area contributed by atoms with Crippen molar-refractivity contribution in [3.05, 3.63) is 82.4 Å². The molecule has 154 valence electrons. The summed E-state index contributed by atoms with van der Waals surface area (Å²) < 4.78 is 28.1. The maximum Gasteiger partial charge on any atom is 0.303 e. The number of carbonyl (C=O) groups excluding carboxylic acids is 2. The molecular formula is C23H19F2NO4. The second-order valence-corrected chi connectivity index (χ2v) is 6.85. The molecule has 0 saturated carbocycles. The lowest BCUT2D eigenvalue weighted by Crippen LogP contribution is -2.41. The molecule has 0 unspecified atom stereocenters. The van der Waals surface area contributed by atoms with E-state index in [9.17, 15) is 23.2 Å². The van der Waals surface area contributed by atoms with Gasteiger partial charge in [0.15, 0.2) is 5.78 Å². The summed E-state index contributed by atoms with van der Waals surface area (Å²) in [6.45, 7) is -0.166. The number of carbonyl (C=O) groups is 3. The molecule has 1 N–H and O–H groups in total. The van der Waals surface area contributed by atoms with Gasteiger partial charge in [-0.2, -0.15) is 0 Å². The maximum atomic E-state index is 14.1. The predicted molar refractivity (Wildman–Crippen MR) is 107 cm³/mol. The van der Waals surface area contributed by atoms with Crippen LogP contribution in [0.3, 0.4) is 0 Å². The van der Waals surface area contributed by atoms with E-state index in [0.717, 1.165) is 0 Å². The van der Waals surface area contributed by atoms with E-state index in [2.05, 4.69) is 0 Å². The monoisotopic (exact) mass is 411 g/mol. The number of amides is 1. The highest BCUT2D eigenvalue weighted by Gasteiger charge is 2.29. The summed E-state index contributed by atoms with van der Waals surface area (Å²) in [4.78, 5) is 37.6. The Morgan fingerprint density at radius 3 is 1.77 bits per heavy atom. The number of benzene rings is 2. The average Bonchev–Trinajstić information content (AvgIpc) is 2.72. The van der Waals surface area contributed by atoms with E-state index in [-0.39, 0.29) is 48.2 Å². The fourth-order valence-electron chi connectivity index (χ4n) is 3.15. The zero-order chi connectivity index (χ0) is 21.7. The summed E-state index contributed by atoms with van der Waals surface area (Å²) in [5.41, 5.74) is 0.701. The molecule has 2 aromatic rings. The van der Waals surface area contributed by atoms with Crippen LogP contribution in [0.5, 0.6) is 0 Å². The van der Waals surface area contributed by atoms with E-state index in [0.29, 0.717) is 0 Å². The van der Waals surface area contributed by atoms with Crippen LogP contribution in [-0.2, 0) is 14.4 Å². The molecule has 2 aromatic carbocycles. The van der Waals surface area contributed by atoms with Gasteiger partial charge < -0.3 is 10.0 Å². The molecule has 3 rings (SSSR count). The van der Waals surface area contributed by atoms with Crippen molar-refractivity contribution in [3.63, 3.8) is 0 Å². The lowest BCUT2D eigenvalue weighted by atomic mass is 9.93. The molecule has 30 heavy (non-hydrogen) atoms. The molecule has 1 amide bonds. The molecular weight excluding hydrogens is 392 g/mol. The maximum absolute atomic E-state index is 14.1. The molecule has 0 atom stereocenters. The zero-order valence-corrected chi connectivity index (χ0v) is 16.0. The first kappa shape index (κ1) is 21.1. The van der Waals surface area contributed by atoms with Gasteiger partial charge in [0.1, 0.15) is 11.6 Å². The van der Waals surface area contributed by atoms with E-state index >= 15 is 0 Å². The van der Waals surface area contributed by atoms with Crippen molar-refractivity contribution >= 4 is 29.8 Å². The number of ketones is 1. The van der Waals surface area contributed by atoms with Crippen LogP contribution in [-0.4, -0.2) is 40.8 Å². The molecule has 7 heteroatoms. The van der Waals surface area contributed by atoms with Gasteiger partial charge in [0, 0.05) is 41.8 Å². The van der Waals surface area contributed by atoms with Crippen LogP contribution >= 0.6 is 0 Å². The number of aliphatic carboxylic acids is 1. The van der Waals surface area contributed by atoms with Gasteiger partial charge in [-0.05, 0) is 24.3 Å². The van der Waals surface area contributed by atoms with Crippen LogP contribution in [0.2, 0.25) is 0 Å². The van der Waals surface area contributed by atoms with Crippen molar-refractivity contribution in [1.29, 1.82) is 0 Å². The van der Waals surface area contributed by atoms with Crippen LogP contribution in [0.4, 0.5) is 8.78 Å². The van der Waals surface area contributed by atoms with Gasteiger partial charge in [-0.15, -0.1) is 0 Å². The number of carboxylic acid groups (broad SMARTS) is 1. The van der Waals surface area contributed by atoms with Crippen LogP contribution < -0.4 is 0 Å². The Morgan fingerprint density at radius 1 is 0.867 bits per heavy atom. The molecule has 0 bridgehead atoms. The second kappa shape index (κ2) is 9.26. The number of likely N-dealkylation sites (tertiary alicyclic amines) is 1. The first-order valence-corrected chi connectivity index (χ1v) is 9.29. The summed E-state index contributed by atoms with van der Waals surface area (Å²) in [7, 11) is 0. The van der Waals surface area contributed by atoms with E-state index in [1.165, 1.54) is 53.5 Å². The highest BCUT2D eigenvalue weighted by Crippen LogP contribution is 2.24. The number of hydrogen-bond donors (Lipinski definition) is 1. The van der Waals surface area contributed by atoms with Gasteiger partial charge in [0.25, 0.3) is 0 Å². The average molecular weight is 411 g/mol. The highest BCUT2D eigenvalue weighted by atomic mass is 19.1. The van der Waals surface area contributed by atoms with Crippen molar-refractivity contribution in [2.24, 2.45) is 0 Å². The molecule has 0 radical (unpaired) electrons. The molecule has 1 aliphatic rings. The van der Waals surface area contributed by atoms with Gasteiger partial charge in [-0.25, -0.2) is 8.78 Å². The minimum Gasteiger partial charge on any atom is -0.481 e. The molecule has 0 aliphatic carbocycles. The van der Waals surface area contributed by atoms with Gasteiger partial charge in [-0.3, -0.25) is 14.4 Å². The van der Waals surface area contributed by atoms with Crippen molar-refractivity contribution < 1.29 is 28.3 Å². The molecule has 5 nitrogen and oxygen atoms in total. The van der Waals surface area contributed by atoms with Crippen molar-refractivity contribution in [2.75, 3.05) is 13.1 Å². The minimum atomic E-state index is -1.11. The molecule has 1 fully saturated rings. The minimum absolute atomic E-state index is 0.0831. The Hall–Kier alpha value is -3.61. The van der Waals surface area contributed by atoms with E-state index in [1.54, 1.807) is 12.1 Å². The smallest absolute Gasteiger partial charge is 0.303 e. The third-order valence-corrected chi connectivity index (χ3v) is 4.68. The number of carboxylic acids is 1. The Morgan fingerprint density at radius 2 is 1.33 bits per heavy atom. The van der Waals surface area contributed by atoms with Gasteiger partial charge in [0.2, 0.25) is 5.91 Å². The Bertz CT molecular complexity index is 991. The fraction of sp³-hybridized carbons (Fsp3) is 0.174. The number of hydrogen-bond acceptors (Lipinski definition) is 3. The molecule has 1 heterocycles. The van der Waals surface area contributed by atoms with E-state index in [4.69, 9.17) is 5.11 Å². The molecule has 1 saturated heterocycles. The SMILES string of the molecule is O=C(O)CCC(=O)N1C/C(=C\c2ccccc2F)C(=O)/C(=C/c2ccccc2F)C1. The van der Waals surface area contributed by atoms with Gasteiger partial charge in [-0.1, -0.05) is 36.4 Å². The normalized spacial score (nSPS) is 16.9. The number of piperidine rings is 1. The number of nitrogens with zero attached hydrogens (tertiary/aromatic N) is 1. The predicted octanol–water partition coefficient (Wildman–Crippen LogP) is 3.71. The molecule has 1 aliphatic heterocycles. The van der Waals surface area contributed by atoms with E-state index < -0.39 is 29.3 Å². The Labute approximate surface area is 171 Å². The first-order valence-electron chi connectivity index (χ1n) is 9.29. The standard InChI is InChI=1S/C23H19F2NO4/c24-19-7-3-1-5-15(19)11-17-13-26(21(27)9-10-22(28)29)14-18(23(17)30)12-16-6-2-4-8-20(16)25/h1-8,11-12H,9-10,13-14H2,(H,28,29)/b17-11+,18-12+. The largest absolute Gasteiger partial charge is 0.481 e. The summed E-state index contributed by atoms with van der Waals surface area (Å²) in [5, 5.41) is 8.83. The lowest BCUT2D eigenvalue weighted by molar-refractivity contribution is -0.141. The van der Waals surface area contributed by atoms with Crippen LogP contribution in [0.15, 0.2) is 59.7 Å². The summed E-state index contributed by atoms with van der Waals surface area (Å²) >= 11 is 0. The third-order valence-electron chi connectivity index (χ3n) is 4.68. The quantitative estimate of drug-likeness (QED) is 0.762. The van der Waals surface area contributed by atoms with Crippen LogP contribution in [0.25, 0.3) is 12.2 Å². The number of halogens is 2. The lowest BCUT2D eigenvalue weighted by Gasteiger charge is -2.30. The molecule has 0 aromatic heterocycles. The first-order chi connectivity index (χ1) is 14.3. The Kier molecular flexibility index (Phi) is 6.51. The van der Waals surface area contributed by atoms with E-state index in [1.807, 2.05) is 0 Å². The Balaban J connectivity index is 1.99. The van der Waals surface area contributed by atoms with Gasteiger partial charge in [0.05, 0.1) is 6.42 Å². The third kappa shape index (κ3) is 5.05. The number of rotatable bonds is 5. The fourth-order valence-corrected chi connectivity index (χ4v) is 3.15. The second-order valence-electron chi connectivity index (χ2n) is 6.85. The van der Waals surface area contributed by atoms with Gasteiger partial charge >= 0.3 is 5.97 Å².